The zero-order valence-corrected chi connectivity index (χ0v) is 14.6. The molecule has 0 aromatic rings. The van der Waals surface area contributed by atoms with Crippen LogP contribution >= 0.6 is 0 Å². The van der Waals surface area contributed by atoms with E-state index >= 15 is 0 Å². The van der Waals surface area contributed by atoms with Crippen molar-refractivity contribution in [1.29, 1.82) is 0 Å². The molecular formula is C18H28N4+. The molecule has 4 heteroatoms. The summed E-state index contributed by atoms with van der Waals surface area (Å²) < 4.78 is 2.54. The summed E-state index contributed by atoms with van der Waals surface area (Å²) in [5, 5.41) is 7.80. The molecule has 10 bridgehead atoms. The number of nitrogens with zero attached hydrogens (tertiary/aromatic N) is 4. The van der Waals surface area contributed by atoms with Crippen LogP contribution < -0.4 is 5.43 Å². The van der Waals surface area contributed by atoms with Gasteiger partial charge in [-0.1, -0.05) is 0 Å². The lowest BCUT2D eigenvalue weighted by molar-refractivity contribution is -0.718. The molecular weight excluding hydrogens is 272 g/mol. The molecule has 119 valence electrons. The normalized spacial score (nSPS) is 60.2. The quantitative estimate of drug-likeness (QED) is 0.631. The molecule has 9 rings (SSSR count). The Hall–Kier alpha value is -0.480. The Balaban J connectivity index is 1.53. The summed E-state index contributed by atoms with van der Waals surface area (Å²) in [6, 6.07) is 2.61. The summed E-state index contributed by atoms with van der Waals surface area (Å²) in [6.45, 7) is 14.1. The average Bonchev–Trinajstić information content (AvgIpc) is 2.73. The molecule has 0 spiro atoms. The predicted molar refractivity (Wildman–Crippen MR) is 82.3 cm³/mol. The second kappa shape index (κ2) is 3.19. The van der Waals surface area contributed by atoms with Crippen molar-refractivity contribution in [2.24, 2.45) is 40.6 Å². The van der Waals surface area contributed by atoms with Gasteiger partial charge in [0.15, 0.2) is 11.6 Å². The van der Waals surface area contributed by atoms with Crippen LogP contribution in [0.2, 0.25) is 0 Å². The minimum absolute atomic E-state index is 0.171. The molecule has 4 unspecified atom stereocenters. The molecule has 0 aromatic carbocycles. The summed E-state index contributed by atoms with van der Waals surface area (Å²) in [6.07, 6.45) is 0. The van der Waals surface area contributed by atoms with E-state index in [1.807, 2.05) is 0 Å². The lowest BCUT2D eigenvalue weighted by Gasteiger charge is -2.59. The second-order valence-electron chi connectivity index (χ2n) is 10.7. The molecule has 10 atom stereocenters. The van der Waals surface area contributed by atoms with Crippen molar-refractivity contribution < 1.29 is 4.70 Å². The average molecular weight is 300 g/mol. The third-order valence-corrected chi connectivity index (χ3v) is 7.83. The summed E-state index contributed by atoms with van der Waals surface area (Å²) in [4.78, 5) is 0. The standard InChI is InChI=1S/C18H28N4/c1-17(2,3)21-15-9-7-8-10(9)16-12(15)11(13(7)19-21)14(8)20-22(16)18(4,5)6/h7-16H,1-6H3/q+1/t7?,8?,9?,10?,11-,12+,13-,14+,15+,16-. The molecule has 4 aliphatic heterocycles. The molecule has 0 aromatic heterocycles. The van der Waals surface area contributed by atoms with Crippen LogP contribution in [0.4, 0.5) is 0 Å². The van der Waals surface area contributed by atoms with Gasteiger partial charge in [-0.2, -0.15) is 5.43 Å². The van der Waals surface area contributed by atoms with Crippen LogP contribution in [0.25, 0.3) is 0 Å². The Kier molecular flexibility index (Phi) is 1.87. The Labute approximate surface area is 133 Å². The van der Waals surface area contributed by atoms with Gasteiger partial charge in [0.1, 0.15) is 6.04 Å². The van der Waals surface area contributed by atoms with E-state index in [0.29, 0.717) is 24.2 Å². The number of fused-ring (bicyclic) bond motifs is 1. The monoisotopic (exact) mass is 300 g/mol. The molecule has 5 aliphatic carbocycles. The Morgan fingerprint density at radius 2 is 1.45 bits per heavy atom. The topological polar surface area (TPSA) is 32.7 Å². The molecule has 22 heavy (non-hydrogen) atoms. The maximum absolute atomic E-state index is 5.26. The van der Waals surface area contributed by atoms with Crippen molar-refractivity contribution in [1.82, 2.24) is 10.4 Å². The van der Waals surface area contributed by atoms with Crippen LogP contribution in [-0.2, 0) is 0 Å². The lowest BCUT2D eigenvalue weighted by atomic mass is 9.55. The fourth-order valence-electron chi connectivity index (χ4n) is 7.69. The largest absolute Gasteiger partial charge is 0.217 e. The first kappa shape index (κ1) is 12.9. The molecule has 4 nitrogen and oxygen atoms in total. The second-order valence-corrected chi connectivity index (χ2v) is 10.7. The van der Waals surface area contributed by atoms with Gasteiger partial charge >= 0.3 is 0 Å². The van der Waals surface area contributed by atoms with Gasteiger partial charge in [0.2, 0.25) is 0 Å². The van der Waals surface area contributed by atoms with E-state index in [4.69, 9.17) is 10.5 Å². The zero-order chi connectivity index (χ0) is 15.3. The van der Waals surface area contributed by atoms with Crippen molar-refractivity contribution in [3.05, 3.63) is 0 Å². The van der Waals surface area contributed by atoms with Gasteiger partial charge in [-0.05, 0) is 37.7 Å². The van der Waals surface area contributed by atoms with Gasteiger partial charge in [-0.3, -0.25) is 0 Å². The van der Waals surface area contributed by atoms with Crippen LogP contribution in [0, 0.1) is 35.5 Å². The first-order chi connectivity index (χ1) is 10.2. The van der Waals surface area contributed by atoms with Crippen molar-refractivity contribution in [3.63, 3.8) is 0 Å². The van der Waals surface area contributed by atoms with Crippen LogP contribution in [-0.4, -0.2) is 45.0 Å². The highest BCUT2D eigenvalue weighted by Gasteiger charge is 2.89. The number of hydrogen-bond donors (Lipinski definition) is 0. The Bertz CT molecular complexity index is 612. The molecule has 4 heterocycles. The van der Waals surface area contributed by atoms with E-state index in [-0.39, 0.29) is 11.1 Å². The van der Waals surface area contributed by atoms with E-state index in [9.17, 15) is 0 Å². The molecule has 1 radical (unpaired) electrons. The lowest BCUT2D eigenvalue weighted by Crippen LogP contribution is -2.72. The third kappa shape index (κ3) is 1.06. The van der Waals surface area contributed by atoms with Crippen molar-refractivity contribution in [2.75, 3.05) is 0 Å². The summed E-state index contributed by atoms with van der Waals surface area (Å²) in [7, 11) is 0. The summed E-state index contributed by atoms with van der Waals surface area (Å²) in [5.74, 6) is 5.21. The van der Waals surface area contributed by atoms with Crippen LogP contribution in [0.5, 0.6) is 0 Å². The molecule has 0 amide bonds. The van der Waals surface area contributed by atoms with E-state index in [0.717, 1.165) is 35.5 Å². The zero-order valence-electron chi connectivity index (χ0n) is 14.6. The van der Waals surface area contributed by atoms with Gasteiger partial charge < -0.3 is 0 Å². The van der Waals surface area contributed by atoms with Crippen molar-refractivity contribution >= 4 is 0 Å². The van der Waals surface area contributed by atoms with Crippen LogP contribution in [0.15, 0.2) is 5.11 Å². The van der Waals surface area contributed by atoms with Crippen molar-refractivity contribution in [3.8, 4) is 0 Å². The Morgan fingerprint density at radius 3 is 2.09 bits per heavy atom. The summed E-state index contributed by atoms with van der Waals surface area (Å²) in [5.41, 5.74) is 5.61. The highest BCUT2D eigenvalue weighted by atomic mass is 15.6. The Morgan fingerprint density at radius 1 is 0.773 bits per heavy atom. The number of rotatable bonds is 0. The minimum atomic E-state index is 0.171. The smallest absolute Gasteiger partial charge is 0.186 e. The van der Waals surface area contributed by atoms with E-state index in [1.54, 1.807) is 0 Å². The molecule has 2 saturated heterocycles. The maximum atomic E-state index is 5.26. The van der Waals surface area contributed by atoms with E-state index < -0.39 is 0 Å². The van der Waals surface area contributed by atoms with Crippen LogP contribution in [0.1, 0.15) is 41.5 Å². The maximum Gasteiger partial charge on any atom is 0.186 e. The van der Waals surface area contributed by atoms with Gasteiger partial charge in [0.25, 0.3) is 0 Å². The first-order valence-corrected chi connectivity index (χ1v) is 9.21. The van der Waals surface area contributed by atoms with Crippen LogP contribution in [0.3, 0.4) is 0 Å². The highest BCUT2D eigenvalue weighted by molar-refractivity contribution is 5.34. The predicted octanol–water partition coefficient (Wildman–Crippen LogP) is 2.12. The number of hydrogen-bond acceptors (Lipinski definition) is 2. The molecule has 5 saturated carbocycles. The highest BCUT2D eigenvalue weighted by Crippen LogP contribution is 2.78. The SMILES string of the molecule is CC(C)(C)N1[N][C@H]2C3C4C5C3[C@@H]1[C@H]1[C@@H]2[C@@H]4N=[N+](C(C)(C)C)[C@@H]51. The molecule has 7 fully saturated rings. The van der Waals surface area contributed by atoms with E-state index in [1.165, 1.54) is 0 Å². The number of azo groups is 2. The van der Waals surface area contributed by atoms with Gasteiger partial charge in [0.05, 0.1) is 6.04 Å². The minimum Gasteiger partial charge on any atom is -0.217 e. The molecule has 9 aliphatic rings. The fraction of sp³-hybridized carbons (Fsp3) is 1.00. The summed E-state index contributed by atoms with van der Waals surface area (Å²) >= 11 is 0. The fourth-order valence-corrected chi connectivity index (χ4v) is 7.69. The van der Waals surface area contributed by atoms with Crippen molar-refractivity contribution in [2.45, 2.75) is 76.8 Å². The van der Waals surface area contributed by atoms with Gasteiger partial charge in [0, 0.05) is 56.0 Å². The van der Waals surface area contributed by atoms with Gasteiger partial charge in [-0.15, -0.1) is 4.70 Å². The van der Waals surface area contributed by atoms with Gasteiger partial charge in [-0.25, -0.2) is 5.01 Å². The third-order valence-electron chi connectivity index (χ3n) is 7.83. The molecule has 0 N–H and O–H groups in total. The first-order valence-electron chi connectivity index (χ1n) is 9.21. The van der Waals surface area contributed by atoms with E-state index in [2.05, 4.69) is 51.2 Å².